The van der Waals surface area contributed by atoms with Gasteiger partial charge in [-0.1, -0.05) is 6.07 Å². The van der Waals surface area contributed by atoms with Gasteiger partial charge in [0.25, 0.3) is 0 Å². The Labute approximate surface area is 148 Å². The molecule has 0 atom stereocenters. The summed E-state index contributed by atoms with van der Waals surface area (Å²) in [6.07, 6.45) is 11.0. The van der Waals surface area contributed by atoms with E-state index in [4.69, 9.17) is 10.2 Å². The number of hydrogen-bond donors (Lipinski definition) is 2. The maximum Gasteiger partial charge on any atom is 0.335 e. The molecule has 0 saturated carbocycles. The summed E-state index contributed by atoms with van der Waals surface area (Å²) in [6.45, 7) is 3.76. The van der Waals surface area contributed by atoms with E-state index in [9.17, 15) is 9.59 Å². The second kappa shape index (κ2) is 10.3. The van der Waals surface area contributed by atoms with E-state index < -0.39 is 11.9 Å². The van der Waals surface area contributed by atoms with Crippen LogP contribution in [0.3, 0.4) is 0 Å². The largest absolute Gasteiger partial charge is 0.478 e. The molecule has 0 unspecified atom stereocenters. The Morgan fingerprint density at radius 1 is 1.17 bits per heavy atom. The first kappa shape index (κ1) is 19.6. The minimum Gasteiger partial charge on any atom is -0.478 e. The van der Waals surface area contributed by atoms with Crippen molar-refractivity contribution in [2.45, 2.75) is 37.3 Å². The first-order valence-corrected chi connectivity index (χ1v) is 12.0. The van der Waals surface area contributed by atoms with Gasteiger partial charge in [0, 0.05) is 0 Å². The van der Waals surface area contributed by atoms with E-state index in [0.29, 0.717) is 0 Å². The van der Waals surface area contributed by atoms with Gasteiger partial charge in [0.2, 0.25) is 0 Å². The summed E-state index contributed by atoms with van der Waals surface area (Å²) in [6, 6.07) is 4.17. The Morgan fingerprint density at radius 3 is 2.22 bits per heavy atom. The van der Waals surface area contributed by atoms with Crippen molar-refractivity contribution in [2.24, 2.45) is 0 Å². The zero-order valence-corrected chi connectivity index (χ0v) is 17.1. The molecule has 4 nitrogen and oxygen atoms in total. The Morgan fingerprint density at radius 2 is 1.78 bits per heavy atom. The first-order chi connectivity index (χ1) is 11.0. The van der Waals surface area contributed by atoms with E-state index in [2.05, 4.69) is 25.2 Å². The molecule has 2 N–H and O–H groups in total. The second-order valence-electron chi connectivity index (χ2n) is 5.19. The number of rotatable bonds is 6. The molecule has 0 spiro atoms. The van der Waals surface area contributed by atoms with Crippen LogP contribution in [0.4, 0.5) is 0 Å². The van der Waals surface area contributed by atoms with Crippen LogP contribution in [-0.2, 0) is 22.9 Å². The van der Waals surface area contributed by atoms with Crippen LogP contribution >= 0.6 is 0 Å². The molecule has 0 saturated heterocycles. The van der Waals surface area contributed by atoms with Crippen molar-refractivity contribution in [3.8, 4) is 0 Å². The molecule has 0 amide bonds. The molecule has 0 fully saturated rings. The number of hydrogen-bond acceptors (Lipinski definition) is 2. The third kappa shape index (κ3) is 6.65. The Hall–Kier alpha value is -1.49. The van der Waals surface area contributed by atoms with Gasteiger partial charge < -0.3 is 10.2 Å². The molecule has 0 aromatic heterocycles. The smallest absolute Gasteiger partial charge is 0.335 e. The molecule has 1 aliphatic rings. The molecule has 0 radical (unpaired) electrons. The molecule has 0 bridgehead atoms. The fraction of sp³-hybridized carbons (Fsp3) is 0.333. The number of carboxylic acids is 2. The van der Waals surface area contributed by atoms with Crippen molar-refractivity contribution >= 4 is 11.9 Å². The molecular formula is C18H22HfO4. The third-order valence-electron chi connectivity index (χ3n) is 3.45. The topological polar surface area (TPSA) is 74.6 Å². The zero-order valence-electron chi connectivity index (χ0n) is 13.5. The Kier molecular flexibility index (Phi) is 8.77. The van der Waals surface area contributed by atoms with Gasteiger partial charge in [0.05, 0.1) is 11.1 Å². The van der Waals surface area contributed by atoms with Gasteiger partial charge in [0.1, 0.15) is 0 Å². The van der Waals surface area contributed by atoms with E-state index >= 15 is 0 Å². The van der Waals surface area contributed by atoms with Crippen LogP contribution in [-0.4, -0.2) is 22.2 Å². The minimum absolute atomic E-state index is 0.0277. The van der Waals surface area contributed by atoms with Crippen molar-refractivity contribution < 1.29 is 42.7 Å². The van der Waals surface area contributed by atoms with E-state index in [1.165, 1.54) is 44.4 Å². The van der Waals surface area contributed by atoms with Crippen LogP contribution in [0.25, 0.3) is 0 Å². The fourth-order valence-corrected chi connectivity index (χ4v) is 6.87. The number of unbranched alkanes of at least 4 members (excludes halogenated alkanes) is 1. The van der Waals surface area contributed by atoms with Gasteiger partial charge >= 0.3 is 86.8 Å². The number of carbonyl (C=O) groups is 2. The van der Waals surface area contributed by atoms with Gasteiger partial charge in [-0.15, -0.1) is 0 Å². The van der Waals surface area contributed by atoms with Gasteiger partial charge in [-0.2, -0.15) is 0 Å². The molecular weight excluding hydrogens is 459 g/mol. The monoisotopic (exact) mass is 482 g/mol. The van der Waals surface area contributed by atoms with E-state index in [0.717, 1.165) is 0 Å². The number of benzene rings is 1. The van der Waals surface area contributed by atoms with Crippen LogP contribution in [0.15, 0.2) is 39.8 Å². The normalized spacial score (nSPS) is 12.2. The Bertz CT molecular complexity index is 585. The maximum absolute atomic E-state index is 10.6. The SMILES string of the molecule is CCC[CH2][Hf][C]1=CC=CC1.Cc1c(C(=O)O)cccc1C(=O)O. The third-order valence-corrected chi connectivity index (χ3v) is 8.58. The summed E-state index contributed by atoms with van der Waals surface area (Å²) in [7, 11) is 0. The minimum atomic E-state index is -1.11. The van der Waals surface area contributed by atoms with Gasteiger partial charge in [-0.3, -0.25) is 0 Å². The average molecular weight is 481 g/mol. The molecule has 122 valence electrons. The molecule has 5 heteroatoms. The molecule has 0 aliphatic heterocycles. The number of aromatic carboxylic acids is 2. The standard InChI is InChI=1S/C9H8O4.C5H5.C4H9.Hf/c1-5-6(8(10)11)3-2-4-7(5)9(12)13;1-2-4-5-3-1;1-3-4-2;/h2-4H,1H3,(H,10,11)(H,12,13);1-3H,4H2;1,3-4H2,2H3;. The quantitative estimate of drug-likeness (QED) is 0.463. The second-order valence-corrected chi connectivity index (χ2v) is 10.6. The molecule has 1 aromatic carbocycles. The van der Waals surface area contributed by atoms with Gasteiger partial charge in [-0.25, -0.2) is 9.59 Å². The summed E-state index contributed by atoms with van der Waals surface area (Å²) in [5.74, 6) is -2.22. The van der Waals surface area contributed by atoms with Crippen LogP contribution in [0, 0.1) is 6.92 Å². The van der Waals surface area contributed by atoms with Crippen LogP contribution in [0.5, 0.6) is 0 Å². The van der Waals surface area contributed by atoms with E-state index in [-0.39, 0.29) is 39.6 Å². The zero-order chi connectivity index (χ0) is 17.2. The molecule has 23 heavy (non-hydrogen) atoms. The van der Waals surface area contributed by atoms with Gasteiger partial charge in [-0.05, 0) is 24.6 Å². The van der Waals surface area contributed by atoms with Crippen molar-refractivity contribution in [3.05, 3.63) is 56.4 Å². The molecule has 0 heterocycles. The summed E-state index contributed by atoms with van der Waals surface area (Å²) in [4.78, 5) is 21.2. The first-order valence-electron chi connectivity index (χ1n) is 7.63. The predicted molar refractivity (Wildman–Crippen MR) is 86.7 cm³/mol. The van der Waals surface area contributed by atoms with E-state index in [1.807, 2.05) is 3.33 Å². The van der Waals surface area contributed by atoms with Crippen molar-refractivity contribution in [1.29, 1.82) is 0 Å². The summed E-state index contributed by atoms with van der Waals surface area (Å²) < 4.78 is 3.39. The summed E-state index contributed by atoms with van der Waals surface area (Å²) >= 11 is -0.283. The molecule has 1 aliphatic carbocycles. The summed E-state index contributed by atoms with van der Waals surface area (Å²) in [5, 5.41) is 17.4. The number of carboxylic acid groups (broad SMARTS) is 2. The number of allylic oxidation sites excluding steroid dienone is 4. The maximum atomic E-state index is 10.6. The van der Waals surface area contributed by atoms with Crippen molar-refractivity contribution in [2.75, 3.05) is 0 Å². The molecule has 2 rings (SSSR count). The predicted octanol–water partition coefficient (Wildman–Crippen LogP) is 4.52. The van der Waals surface area contributed by atoms with Crippen LogP contribution in [0.1, 0.15) is 52.5 Å². The van der Waals surface area contributed by atoms with Crippen molar-refractivity contribution in [3.63, 3.8) is 0 Å². The fourth-order valence-electron chi connectivity index (χ4n) is 2.10. The van der Waals surface area contributed by atoms with Crippen LogP contribution in [0.2, 0.25) is 4.18 Å². The van der Waals surface area contributed by atoms with E-state index in [1.54, 1.807) is 4.18 Å². The Balaban J connectivity index is 0.000000238. The average Bonchev–Trinajstić information content (AvgIpc) is 3.01. The molecule has 1 aromatic rings. The van der Waals surface area contributed by atoms with Gasteiger partial charge in [0.15, 0.2) is 0 Å². The van der Waals surface area contributed by atoms with Crippen molar-refractivity contribution in [1.82, 2.24) is 0 Å². The summed E-state index contributed by atoms with van der Waals surface area (Å²) in [5.41, 5.74) is 0.335. The van der Waals surface area contributed by atoms with Crippen LogP contribution < -0.4 is 0 Å².